The monoisotopic (exact) mass is 468 g/mol. The molecule has 0 fully saturated rings. The molecule has 0 amide bonds. The van der Waals surface area contributed by atoms with Crippen LogP contribution in [0.5, 0.6) is 5.75 Å². The molecule has 1 N–H and O–H groups in total. The molecule has 9 nitrogen and oxygen atoms in total. The largest absolute Gasteiger partial charge is 0.489 e. The van der Waals surface area contributed by atoms with Gasteiger partial charge in [0, 0.05) is 11.4 Å². The van der Waals surface area contributed by atoms with Gasteiger partial charge in [0.05, 0.1) is 35.4 Å². The second-order valence-electron chi connectivity index (χ2n) is 7.84. The first-order chi connectivity index (χ1) is 16.2. The van der Waals surface area contributed by atoms with Crippen LogP contribution in [0.3, 0.4) is 0 Å². The van der Waals surface area contributed by atoms with Crippen LogP contribution in [0.4, 0.5) is 0 Å². The van der Waals surface area contributed by atoms with Crippen LogP contribution in [0, 0.1) is 27.7 Å². The van der Waals surface area contributed by atoms with Gasteiger partial charge in [-0.05, 0) is 52.3 Å². The second-order valence-corrected chi connectivity index (χ2v) is 7.84. The molecule has 2 heterocycles. The summed E-state index contributed by atoms with van der Waals surface area (Å²) in [7, 11) is 0. The third-order valence-electron chi connectivity index (χ3n) is 5.33. The van der Waals surface area contributed by atoms with Gasteiger partial charge in [-0.25, -0.2) is 4.79 Å². The molecule has 0 saturated carbocycles. The number of Topliss-reactive ketones (excluding diaryl/α,β-unsaturated/α-hetero) is 1. The summed E-state index contributed by atoms with van der Waals surface area (Å²) in [6.45, 7) is 8.78. The number of nitrogens with zero attached hydrogens (tertiary/aromatic N) is 1. The Morgan fingerprint density at radius 1 is 0.971 bits per heavy atom. The van der Waals surface area contributed by atoms with Crippen molar-refractivity contribution in [3.8, 4) is 5.75 Å². The van der Waals surface area contributed by atoms with Crippen molar-refractivity contribution in [3.63, 3.8) is 0 Å². The van der Waals surface area contributed by atoms with Gasteiger partial charge in [-0.15, -0.1) is 0 Å². The third kappa shape index (κ3) is 5.72. The maximum atomic E-state index is 12.7. The molecular weight excluding hydrogens is 440 g/mol. The van der Waals surface area contributed by atoms with Crippen molar-refractivity contribution in [2.75, 3.05) is 13.2 Å². The first-order valence-corrected chi connectivity index (χ1v) is 10.9. The number of H-pyrrole nitrogens is 1. The fourth-order valence-electron chi connectivity index (χ4n) is 3.59. The number of hydrogen-bond donors (Lipinski definition) is 1. The molecule has 0 bridgehead atoms. The third-order valence-corrected chi connectivity index (χ3v) is 5.33. The summed E-state index contributed by atoms with van der Waals surface area (Å²) in [5, 5.41) is 3.90. The molecule has 0 saturated heterocycles. The zero-order chi connectivity index (χ0) is 24.8. The van der Waals surface area contributed by atoms with Gasteiger partial charge in [0.15, 0.2) is 6.61 Å². The minimum absolute atomic E-state index is 0.00664. The van der Waals surface area contributed by atoms with E-state index in [-0.39, 0.29) is 24.2 Å². The Balaban J connectivity index is 1.54. The summed E-state index contributed by atoms with van der Waals surface area (Å²) in [5.41, 5.74) is 3.80. The average Bonchev–Trinajstić information content (AvgIpc) is 3.28. The number of aryl methyl sites for hydroxylation is 4. The lowest BCUT2D eigenvalue weighted by atomic mass is 10.1. The zero-order valence-corrected chi connectivity index (χ0v) is 19.9. The van der Waals surface area contributed by atoms with Gasteiger partial charge < -0.3 is 23.7 Å². The van der Waals surface area contributed by atoms with Crippen LogP contribution in [0.15, 0.2) is 28.8 Å². The Kier molecular flexibility index (Phi) is 7.88. The maximum absolute atomic E-state index is 12.7. The van der Waals surface area contributed by atoms with Gasteiger partial charge in [0.1, 0.15) is 18.1 Å². The molecule has 0 radical (unpaired) electrons. The van der Waals surface area contributed by atoms with E-state index in [9.17, 15) is 14.4 Å². The molecule has 9 heteroatoms. The summed E-state index contributed by atoms with van der Waals surface area (Å²) in [6, 6.07) is 7.02. The number of nitrogens with one attached hydrogen (secondary N) is 1. The lowest BCUT2D eigenvalue weighted by Gasteiger charge is -2.08. The van der Waals surface area contributed by atoms with Crippen LogP contribution >= 0.6 is 0 Å². The quantitative estimate of drug-likeness (QED) is 0.351. The minimum atomic E-state index is -0.587. The van der Waals surface area contributed by atoms with E-state index >= 15 is 0 Å². The van der Waals surface area contributed by atoms with Gasteiger partial charge in [0.25, 0.3) is 0 Å². The van der Waals surface area contributed by atoms with E-state index in [0.717, 1.165) is 11.3 Å². The summed E-state index contributed by atoms with van der Waals surface area (Å²) in [5.74, 6) is -0.264. The summed E-state index contributed by atoms with van der Waals surface area (Å²) >= 11 is 0. The highest BCUT2D eigenvalue weighted by atomic mass is 16.5. The molecule has 0 atom stereocenters. The van der Waals surface area contributed by atoms with Gasteiger partial charge in [-0.3, -0.25) is 9.59 Å². The van der Waals surface area contributed by atoms with E-state index in [0.29, 0.717) is 35.1 Å². The minimum Gasteiger partial charge on any atom is -0.489 e. The topological polar surface area (TPSA) is 121 Å². The van der Waals surface area contributed by atoms with E-state index < -0.39 is 24.3 Å². The van der Waals surface area contributed by atoms with Gasteiger partial charge >= 0.3 is 11.9 Å². The van der Waals surface area contributed by atoms with Gasteiger partial charge in [0.2, 0.25) is 5.78 Å². The molecule has 1 aromatic carbocycles. The number of rotatable bonds is 10. The standard InChI is InChI=1S/C25H28N2O7/c1-6-31-25(30)24-16(4)26-15(3)23(24)21(28)13-33-22(29)11-18-7-9-19(10-8-18)32-12-20-14(2)27-34-17(20)5/h7-10,26H,6,11-13H2,1-5H3. The first kappa shape index (κ1) is 24.8. The van der Waals surface area contributed by atoms with Crippen LogP contribution in [0.25, 0.3) is 0 Å². The van der Waals surface area contributed by atoms with Crippen molar-refractivity contribution >= 4 is 17.7 Å². The predicted octanol–water partition coefficient (Wildman–Crippen LogP) is 3.96. The van der Waals surface area contributed by atoms with Gasteiger partial charge in [-0.1, -0.05) is 17.3 Å². The van der Waals surface area contributed by atoms with Crippen LogP contribution in [0.1, 0.15) is 61.6 Å². The Hall–Kier alpha value is -3.88. The summed E-state index contributed by atoms with van der Waals surface area (Å²) in [4.78, 5) is 40.2. The fourth-order valence-corrected chi connectivity index (χ4v) is 3.59. The molecule has 2 aromatic heterocycles. The highest BCUT2D eigenvalue weighted by Gasteiger charge is 2.26. The number of carbonyl (C=O) groups excluding carboxylic acids is 3. The first-order valence-electron chi connectivity index (χ1n) is 10.9. The number of carbonyl (C=O) groups is 3. The van der Waals surface area contributed by atoms with E-state index in [1.165, 1.54) is 0 Å². The number of ketones is 1. The Labute approximate surface area is 197 Å². The number of esters is 2. The Morgan fingerprint density at radius 2 is 1.65 bits per heavy atom. The van der Waals surface area contributed by atoms with Crippen molar-refractivity contribution in [2.45, 2.75) is 47.6 Å². The highest BCUT2D eigenvalue weighted by molar-refractivity contribution is 6.09. The Bertz CT molecular complexity index is 1170. The van der Waals surface area contributed by atoms with Crippen molar-refractivity contribution in [3.05, 3.63) is 69.4 Å². The average molecular weight is 469 g/mol. The molecule has 0 aliphatic heterocycles. The maximum Gasteiger partial charge on any atom is 0.340 e. The van der Waals surface area contributed by atoms with Crippen molar-refractivity contribution < 1.29 is 33.1 Å². The lowest BCUT2D eigenvalue weighted by molar-refractivity contribution is -0.141. The molecule has 34 heavy (non-hydrogen) atoms. The van der Waals surface area contributed by atoms with E-state index in [2.05, 4.69) is 10.1 Å². The molecule has 3 rings (SSSR count). The molecule has 3 aromatic rings. The molecule has 0 spiro atoms. The smallest absolute Gasteiger partial charge is 0.340 e. The summed E-state index contributed by atoms with van der Waals surface area (Å²) < 4.78 is 21.1. The van der Waals surface area contributed by atoms with Crippen LogP contribution in [0.2, 0.25) is 0 Å². The van der Waals surface area contributed by atoms with E-state index in [1.807, 2.05) is 13.8 Å². The number of ether oxygens (including phenoxy) is 3. The number of benzene rings is 1. The molecule has 180 valence electrons. The number of hydrogen-bond acceptors (Lipinski definition) is 8. The SMILES string of the molecule is CCOC(=O)c1c(C)[nH]c(C)c1C(=O)COC(=O)Cc1ccc(OCc2c(C)noc2C)cc1. The Morgan fingerprint density at radius 3 is 2.26 bits per heavy atom. The van der Waals surface area contributed by atoms with Crippen molar-refractivity contribution in [1.29, 1.82) is 0 Å². The normalized spacial score (nSPS) is 10.7. The predicted molar refractivity (Wildman–Crippen MR) is 122 cm³/mol. The summed E-state index contributed by atoms with van der Waals surface area (Å²) in [6.07, 6.45) is -0.00664. The van der Waals surface area contributed by atoms with Crippen LogP contribution in [-0.4, -0.2) is 41.1 Å². The highest BCUT2D eigenvalue weighted by Crippen LogP contribution is 2.21. The van der Waals surface area contributed by atoms with E-state index in [1.54, 1.807) is 45.0 Å². The molecule has 0 aliphatic rings. The molecule has 0 aliphatic carbocycles. The van der Waals surface area contributed by atoms with Gasteiger partial charge in [-0.2, -0.15) is 0 Å². The fraction of sp³-hybridized carbons (Fsp3) is 0.360. The molecular formula is C25H28N2O7. The lowest BCUT2D eigenvalue weighted by Crippen LogP contribution is -2.19. The number of aromatic nitrogens is 2. The van der Waals surface area contributed by atoms with E-state index in [4.69, 9.17) is 18.7 Å². The zero-order valence-electron chi connectivity index (χ0n) is 19.9. The molecule has 0 unspecified atom stereocenters. The van der Waals surface area contributed by atoms with Crippen LogP contribution in [-0.2, 0) is 27.3 Å². The van der Waals surface area contributed by atoms with Crippen molar-refractivity contribution in [2.24, 2.45) is 0 Å². The van der Waals surface area contributed by atoms with Crippen LogP contribution < -0.4 is 4.74 Å². The number of aromatic amines is 1. The second kappa shape index (κ2) is 10.8. The van der Waals surface area contributed by atoms with Crippen molar-refractivity contribution in [1.82, 2.24) is 10.1 Å².